The molecule has 0 aromatic carbocycles. The van der Waals surface area contributed by atoms with Crippen LogP contribution in [0.15, 0.2) is 16.3 Å². The molecule has 0 aliphatic heterocycles. The van der Waals surface area contributed by atoms with E-state index in [-0.39, 0.29) is 12.0 Å². The standard InChI is InChI=1S/C14H18I4N2O7/c15-7-5(12(19)26)11(17)14(18,6(8(7)16)13(20)27)1-3(22)9(24)10(25)4(23)2-21/h3-4,6,9-10,21-25H,1-2H2,(H2,19,26)(H2,20,27). The third-order valence-electron chi connectivity index (χ3n) is 4.09. The molecule has 6 atom stereocenters. The second kappa shape index (κ2) is 10.4. The first kappa shape index (κ1) is 26.2. The highest BCUT2D eigenvalue weighted by molar-refractivity contribution is 14.1. The summed E-state index contributed by atoms with van der Waals surface area (Å²) in [6.07, 6.45) is -7.15. The summed E-state index contributed by atoms with van der Waals surface area (Å²) in [6, 6.07) is 0. The molecule has 0 spiro atoms. The minimum atomic E-state index is -1.81. The first-order valence-corrected chi connectivity index (χ1v) is 11.7. The maximum Gasteiger partial charge on any atom is 0.250 e. The molecule has 9 N–H and O–H groups in total. The number of rotatable bonds is 8. The molecule has 1 rings (SSSR count). The molecule has 1 aliphatic rings. The third-order valence-corrected chi connectivity index (χ3v) is 11.5. The summed E-state index contributed by atoms with van der Waals surface area (Å²) in [7, 11) is 0. The Balaban J connectivity index is 3.39. The van der Waals surface area contributed by atoms with E-state index < -0.39 is 52.2 Å². The van der Waals surface area contributed by atoms with E-state index in [1.165, 1.54) is 0 Å². The number of amides is 2. The van der Waals surface area contributed by atoms with E-state index in [1.54, 1.807) is 0 Å². The predicted molar refractivity (Wildman–Crippen MR) is 130 cm³/mol. The summed E-state index contributed by atoms with van der Waals surface area (Å²) in [5.74, 6) is -2.33. The zero-order valence-electron chi connectivity index (χ0n) is 13.5. The van der Waals surface area contributed by atoms with Gasteiger partial charge in [-0.2, -0.15) is 0 Å². The molecule has 9 nitrogen and oxygen atoms in total. The van der Waals surface area contributed by atoms with E-state index in [1.807, 2.05) is 90.4 Å². The molecule has 0 saturated carbocycles. The Bertz CT molecular complexity index is 686. The predicted octanol–water partition coefficient (Wildman–Crippen LogP) is -0.643. The monoisotopic (exact) mass is 834 g/mol. The number of nitrogens with two attached hydrogens (primary N) is 2. The summed E-state index contributed by atoms with van der Waals surface area (Å²) in [5, 5.41) is 48.7. The number of halogens is 4. The number of allylic oxidation sites excluding steroid dienone is 1. The maximum atomic E-state index is 12.2. The first-order valence-electron chi connectivity index (χ1n) is 7.38. The lowest BCUT2D eigenvalue weighted by Crippen LogP contribution is -2.51. The van der Waals surface area contributed by atoms with Gasteiger partial charge in [0.2, 0.25) is 5.91 Å². The van der Waals surface area contributed by atoms with Crippen molar-refractivity contribution in [3.63, 3.8) is 0 Å². The van der Waals surface area contributed by atoms with Crippen LogP contribution in [0.4, 0.5) is 0 Å². The molecular formula is C14H18I4N2O7. The highest BCUT2D eigenvalue weighted by Gasteiger charge is 2.51. The number of aliphatic hydroxyl groups is 5. The van der Waals surface area contributed by atoms with E-state index in [9.17, 15) is 30.0 Å². The van der Waals surface area contributed by atoms with Crippen molar-refractivity contribution < 1.29 is 35.1 Å². The van der Waals surface area contributed by atoms with Crippen molar-refractivity contribution in [2.45, 2.75) is 34.3 Å². The molecule has 13 heteroatoms. The lowest BCUT2D eigenvalue weighted by atomic mass is 9.80. The maximum absolute atomic E-state index is 12.2. The van der Waals surface area contributed by atoms with Crippen LogP contribution in [0.1, 0.15) is 6.42 Å². The molecule has 27 heavy (non-hydrogen) atoms. The van der Waals surface area contributed by atoms with Gasteiger partial charge in [0.05, 0.1) is 27.6 Å². The zero-order valence-corrected chi connectivity index (χ0v) is 22.2. The lowest BCUT2D eigenvalue weighted by molar-refractivity contribution is -0.124. The van der Waals surface area contributed by atoms with Crippen LogP contribution >= 0.6 is 90.4 Å². The van der Waals surface area contributed by atoms with Gasteiger partial charge in [0, 0.05) is 10.7 Å². The van der Waals surface area contributed by atoms with Crippen LogP contribution in [0.2, 0.25) is 0 Å². The fourth-order valence-corrected chi connectivity index (χ4v) is 8.11. The summed E-state index contributed by atoms with van der Waals surface area (Å²) in [4.78, 5) is 24.1. The van der Waals surface area contributed by atoms with Gasteiger partial charge in [0.1, 0.15) is 18.3 Å². The number of hydrogen-bond donors (Lipinski definition) is 7. The van der Waals surface area contributed by atoms with Gasteiger partial charge in [-0.1, -0.05) is 22.6 Å². The minimum absolute atomic E-state index is 0.185. The van der Waals surface area contributed by atoms with E-state index in [0.29, 0.717) is 10.7 Å². The van der Waals surface area contributed by atoms with Crippen molar-refractivity contribution in [1.82, 2.24) is 0 Å². The number of aliphatic hydroxyl groups excluding tert-OH is 5. The number of alkyl halides is 1. The second-order valence-electron chi connectivity index (χ2n) is 5.92. The van der Waals surface area contributed by atoms with E-state index >= 15 is 0 Å². The summed E-state index contributed by atoms with van der Waals surface area (Å²) in [5.41, 5.74) is 11.2. The largest absolute Gasteiger partial charge is 0.394 e. The molecule has 0 fully saturated rings. The number of carbonyl (C=O) groups is 2. The molecule has 0 aromatic heterocycles. The molecule has 0 saturated heterocycles. The first-order chi connectivity index (χ1) is 12.3. The van der Waals surface area contributed by atoms with Crippen molar-refractivity contribution in [2.24, 2.45) is 17.4 Å². The molecule has 6 unspecified atom stereocenters. The second-order valence-corrected chi connectivity index (χ2v) is 11.2. The third kappa shape index (κ3) is 5.44. The van der Waals surface area contributed by atoms with Crippen LogP contribution in [-0.4, -0.2) is 71.8 Å². The Morgan fingerprint density at radius 2 is 1.52 bits per heavy atom. The van der Waals surface area contributed by atoms with E-state index in [2.05, 4.69) is 0 Å². The van der Waals surface area contributed by atoms with E-state index in [4.69, 9.17) is 16.6 Å². The van der Waals surface area contributed by atoms with Crippen molar-refractivity contribution >= 4 is 102 Å². The number of hydrogen-bond acceptors (Lipinski definition) is 7. The van der Waals surface area contributed by atoms with Crippen molar-refractivity contribution in [3.8, 4) is 0 Å². The van der Waals surface area contributed by atoms with Crippen molar-refractivity contribution in [1.29, 1.82) is 0 Å². The Hall–Kier alpha value is 1.14. The van der Waals surface area contributed by atoms with Crippen molar-refractivity contribution in [3.05, 3.63) is 16.3 Å². The minimum Gasteiger partial charge on any atom is -0.394 e. The van der Waals surface area contributed by atoms with Crippen LogP contribution in [0.5, 0.6) is 0 Å². The van der Waals surface area contributed by atoms with Gasteiger partial charge in [-0.05, 0) is 74.2 Å². The average molecular weight is 834 g/mol. The Labute approximate surface area is 209 Å². The number of primary amides is 2. The molecule has 0 aromatic rings. The van der Waals surface area contributed by atoms with Gasteiger partial charge >= 0.3 is 0 Å². The Kier molecular flexibility index (Phi) is 10.1. The van der Waals surface area contributed by atoms with E-state index in [0.717, 1.165) is 0 Å². The zero-order chi connectivity index (χ0) is 21.3. The highest BCUT2D eigenvalue weighted by Crippen LogP contribution is 2.55. The molecule has 0 radical (unpaired) electrons. The van der Waals surface area contributed by atoms with Crippen LogP contribution < -0.4 is 11.5 Å². The van der Waals surface area contributed by atoms with Crippen LogP contribution in [0, 0.1) is 5.92 Å². The van der Waals surface area contributed by atoms with Gasteiger partial charge in [-0.25, -0.2) is 0 Å². The summed E-state index contributed by atoms with van der Waals surface area (Å²) in [6.45, 7) is -0.813. The SMILES string of the molecule is NC(=O)C1=C(I)C(I)(CC(O)C(O)C(O)C(O)CO)C(C(N)=O)C(I)=C1I. The normalized spacial score (nSPS) is 28.0. The van der Waals surface area contributed by atoms with Crippen LogP contribution in [0.25, 0.3) is 0 Å². The van der Waals surface area contributed by atoms with Gasteiger partial charge < -0.3 is 37.0 Å². The van der Waals surface area contributed by atoms with Gasteiger partial charge in [0.15, 0.2) is 0 Å². The fraction of sp³-hybridized carbons (Fsp3) is 0.571. The van der Waals surface area contributed by atoms with Crippen LogP contribution in [0.3, 0.4) is 0 Å². The van der Waals surface area contributed by atoms with Gasteiger partial charge in [-0.3, -0.25) is 9.59 Å². The molecule has 0 bridgehead atoms. The van der Waals surface area contributed by atoms with Crippen molar-refractivity contribution in [2.75, 3.05) is 6.61 Å². The fourth-order valence-electron chi connectivity index (χ4n) is 2.64. The van der Waals surface area contributed by atoms with Gasteiger partial charge in [0.25, 0.3) is 5.91 Å². The Morgan fingerprint density at radius 1 is 1.04 bits per heavy atom. The quantitative estimate of drug-likeness (QED) is 0.125. The van der Waals surface area contributed by atoms with Crippen LogP contribution in [-0.2, 0) is 9.59 Å². The number of carbonyl (C=O) groups excluding carboxylic acids is 2. The molecule has 2 amide bonds. The van der Waals surface area contributed by atoms with Gasteiger partial charge in [-0.15, -0.1) is 0 Å². The lowest BCUT2D eigenvalue weighted by Gasteiger charge is -2.41. The average Bonchev–Trinajstić information content (AvgIpc) is 2.57. The molecule has 154 valence electrons. The summed E-state index contributed by atoms with van der Waals surface area (Å²) < 4.78 is 0.114. The topological polar surface area (TPSA) is 187 Å². The molecular weight excluding hydrogens is 816 g/mol. The Morgan fingerprint density at radius 3 is 1.93 bits per heavy atom. The molecule has 1 aliphatic carbocycles. The highest BCUT2D eigenvalue weighted by atomic mass is 127. The smallest absolute Gasteiger partial charge is 0.250 e. The molecule has 0 heterocycles. The summed E-state index contributed by atoms with van der Waals surface area (Å²) >= 11 is 7.53.